The first kappa shape index (κ1) is 11.0. The van der Waals surface area contributed by atoms with Crippen molar-refractivity contribution in [2.75, 3.05) is 0 Å². The molecule has 0 aliphatic heterocycles. The molecule has 0 aliphatic rings. The summed E-state index contributed by atoms with van der Waals surface area (Å²) in [6.07, 6.45) is 1.91. The number of nitrogens with zero attached hydrogens (tertiary/aromatic N) is 1. The van der Waals surface area contributed by atoms with Crippen molar-refractivity contribution in [2.24, 2.45) is 0 Å². The van der Waals surface area contributed by atoms with Crippen molar-refractivity contribution in [1.29, 1.82) is 0 Å². The van der Waals surface area contributed by atoms with Crippen LogP contribution in [0.25, 0.3) is 10.9 Å². The monoisotopic (exact) mass is 243 g/mol. The lowest BCUT2D eigenvalue weighted by Crippen LogP contribution is -1.97. The fourth-order valence-corrected chi connectivity index (χ4v) is 2.08. The second-order valence-electron chi connectivity index (χ2n) is 4.27. The maximum absolute atomic E-state index is 13.2. The fraction of sp³-hybridized carbons (Fsp3) is 0.0667. The van der Waals surface area contributed by atoms with E-state index in [-0.39, 0.29) is 11.6 Å². The highest BCUT2D eigenvalue weighted by molar-refractivity contribution is 5.80. The van der Waals surface area contributed by atoms with Gasteiger partial charge in [0.15, 0.2) is 0 Å². The quantitative estimate of drug-likeness (QED) is 0.642. The summed E-state index contributed by atoms with van der Waals surface area (Å²) in [6.45, 7) is 0.604. The molecule has 2 aromatic carbocycles. The van der Waals surface area contributed by atoms with Crippen molar-refractivity contribution in [3.05, 3.63) is 71.9 Å². The smallest absolute Gasteiger partial charge is 0.125 e. The van der Waals surface area contributed by atoms with Gasteiger partial charge >= 0.3 is 0 Å². The SMILES string of the molecule is Fc1ccc(Cn2ccc3ccc(F)cc32)cc1. The number of rotatable bonds is 2. The van der Waals surface area contributed by atoms with Crippen LogP contribution < -0.4 is 0 Å². The summed E-state index contributed by atoms with van der Waals surface area (Å²) in [5, 5.41) is 0.999. The van der Waals surface area contributed by atoms with Crippen LogP contribution >= 0.6 is 0 Å². The molecule has 18 heavy (non-hydrogen) atoms. The lowest BCUT2D eigenvalue weighted by molar-refractivity contribution is 0.626. The fourth-order valence-electron chi connectivity index (χ4n) is 2.08. The first-order chi connectivity index (χ1) is 8.72. The largest absolute Gasteiger partial charge is 0.343 e. The van der Waals surface area contributed by atoms with E-state index in [2.05, 4.69) is 0 Å². The zero-order valence-electron chi connectivity index (χ0n) is 9.61. The second-order valence-corrected chi connectivity index (χ2v) is 4.27. The van der Waals surface area contributed by atoms with E-state index in [1.807, 2.05) is 16.8 Å². The molecule has 0 unspecified atom stereocenters. The first-order valence-corrected chi connectivity index (χ1v) is 5.71. The molecule has 90 valence electrons. The highest BCUT2D eigenvalue weighted by atomic mass is 19.1. The summed E-state index contributed by atoms with van der Waals surface area (Å²) < 4.78 is 28.0. The number of hydrogen-bond acceptors (Lipinski definition) is 0. The number of aromatic nitrogens is 1. The van der Waals surface area contributed by atoms with E-state index in [0.717, 1.165) is 16.5 Å². The number of hydrogen-bond donors (Lipinski definition) is 0. The molecule has 0 fully saturated rings. The van der Waals surface area contributed by atoms with Crippen LogP contribution in [0.15, 0.2) is 54.7 Å². The molecule has 0 radical (unpaired) electrons. The van der Waals surface area contributed by atoms with Crippen LogP contribution in [-0.4, -0.2) is 4.57 Å². The van der Waals surface area contributed by atoms with Crippen molar-refractivity contribution < 1.29 is 8.78 Å². The molecule has 1 heterocycles. The molecular formula is C15H11F2N. The lowest BCUT2D eigenvalue weighted by atomic mass is 10.2. The van der Waals surface area contributed by atoms with Gasteiger partial charge in [-0.2, -0.15) is 0 Å². The summed E-state index contributed by atoms with van der Waals surface area (Å²) in [5.41, 5.74) is 1.83. The van der Waals surface area contributed by atoms with Gasteiger partial charge < -0.3 is 4.57 Å². The van der Waals surface area contributed by atoms with Gasteiger partial charge in [0.1, 0.15) is 11.6 Å². The minimum atomic E-state index is -0.249. The standard InChI is InChI=1S/C15H11F2N/c16-13-4-1-11(2-5-13)10-18-8-7-12-3-6-14(17)9-15(12)18/h1-9H,10H2. The Morgan fingerprint density at radius 1 is 0.833 bits per heavy atom. The van der Waals surface area contributed by atoms with E-state index < -0.39 is 0 Å². The van der Waals surface area contributed by atoms with Crippen molar-refractivity contribution in [1.82, 2.24) is 4.57 Å². The average molecular weight is 243 g/mol. The predicted octanol–water partition coefficient (Wildman–Crippen LogP) is 3.97. The van der Waals surface area contributed by atoms with Gasteiger partial charge in [0.05, 0.1) is 5.52 Å². The summed E-state index contributed by atoms with van der Waals surface area (Å²) >= 11 is 0. The Kier molecular flexibility index (Phi) is 2.59. The Morgan fingerprint density at radius 2 is 1.56 bits per heavy atom. The van der Waals surface area contributed by atoms with Crippen LogP contribution in [0.4, 0.5) is 8.78 Å². The summed E-state index contributed by atoms with van der Waals surface area (Å²) in [6, 6.07) is 13.0. The van der Waals surface area contributed by atoms with E-state index in [1.165, 1.54) is 24.3 Å². The number of halogens is 2. The van der Waals surface area contributed by atoms with E-state index in [4.69, 9.17) is 0 Å². The van der Waals surface area contributed by atoms with Gasteiger partial charge in [-0.15, -0.1) is 0 Å². The van der Waals surface area contributed by atoms with Crippen molar-refractivity contribution in [3.8, 4) is 0 Å². The molecule has 0 saturated carbocycles. The van der Waals surface area contributed by atoms with Crippen LogP contribution in [0.2, 0.25) is 0 Å². The third-order valence-corrected chi connectivity index (χ3v) is 3.00. The van der Waals surface area contributed by atoms with Crippen LogP contribution in [0.1, 0.15) is 5.56 Å². The van der Waals surface area contributed by atoms with E-state index >= 15 is 0 Å². The minimum Gasteiger partial charge on any atom is -0.343 e. The summed E-state index contributed by atoms with van der Waals surface area (Å²) in [7, 11) is 0. The summed E-state index contributed by atoms with van der Waals surface area (Å²) in [5.74, 6) is -0.497. The van der Waals surface area contributed by atoms with Crippen LogP contribution in [0.3, 0.4) is 0 Å². The van der Waals surface area contributed by atoms with Gasteiger partial charge in [-0.25, -0.2) is 8.78 Å². The number of fused-ring (bicyclic) bond motifs is 1. The second kappa shape index (κ2) is 4.26. The van der Waals surface area contributed by atoms with Gasteiger partial charge in [-0.3, -0.25) is 0 Å². The van der Waals surface area contributed by atoms with Crippen molar-refractivity contribution in [2.45, 2.75) is 6.54 Å². The molecule has 1 nitrogen and oxygen atoms in total. The van der Waals surface area contributed by atoms with Crippen LogP contribution in [-0.2, 0) is 6.54 Å². The minimum absolute atomic E-state index is 0.248. The molecule has 3 heteroatoms. The molecule has 0 atom stereocenters. The zero-order chi connectivity index (χ0) is 12.5. The third-order valence-electron chi connectivity index (χ3n) is 3.00. The molecule has 0 aliphatic carbocycles. The average Bonchev–Trinajstić information content (AvgIpc) is 2.75. The highest BCUT2D eigenvalue weighted by Gasteiger charge is 2.03. The topological polar surface area (TPSA) is 4.93 Å². The van der Waals surface area contributed by atoms with E-state index in [9.17, 15) is 8.78 Å². The predicted molar refractivity (Wildman–Crippen MR) is 67.4 cm³/mol. The van der Waals surface area contributed by atoms with E-state index in [1.54, 1.807) is 18.2 Å². The van der Waals surface area contributed by atoms with Crippen molar-refractivity contribution >= 4 is 10.9 Å². The maximum atomic E-state index is 13.2. The Hall–Kier alpha value is -2.16. The van der Waals surface area contributed by atoms with Gasteiger partial charge in [0.2, 0.25) is 0 Å². The van der Waals surface area contributed by atoms with Gasteiger partial charge in [0.25, 0.3) is 0 Å². The van der Waals surface area contributed by atoms with E-state index in [0.29, 0.717) is 6.54 Å². The Labute approximate surface area is 103 Å². The van der Waals surface area contributed by atoms with Crippen LogP contribution in [0.5, 0.6) is 0 Å². The molecule has 3 aromatic rings. The highest BCUT2D eigenvalue weighted by Crippen LogP contribution is 2.18. The molecular weight excluding hydrogens is 232 g/mol. The Balaban J connectivity index is 1.99. The lowest BCUT2D eigenvalue weighted by Gasteiger charge is -2.05. The maximum Gasteiger partial charge on any atom is 0.125 e. The molecule has 0 amide bonds. The third kappa shape index (κ3) is 1.99. The van der Waals surface area contributed by atoms with Crippen molar-refractivity contribution in [3.63, 3.8) is 0 Å². The van der Waals surface area contributed by atoms with Crippen LogP contribution in [0, 0.1) is 11.6 Å². The first-order valence-electron chi connectivity index (χ1n) is 5.71. The normalized spacial score (nSPS) is 11.0. The molecule has 3 rings (SSSR count). The molecule has 0 spiro atoms. The summed E-state index contributed by atoms with van der Waals surface area (Å²) in [4.78, 5) is 0. The molecule has 0 saturated heterocycles. The van der Waals surface area contributed by atoms with Gasteiger partial charge in [-0.1, -0.05) is 12.1 Å². The zero-order valence-corrected chi connectivity index (χ0v) is 9.61. The molecule has 0 bridgehead atoms. The number of benzene rings is 2. The van der Waals surface area contributed by atoms with Gasteiger partial charge in [-0.05, 0) is 47.3 Å². The molecule has 1 aromatic heterocycles. The Morgan fingerprint density at radius 3 is 2.33 bits per heavy atom. The molecule has 0 N–H and O–H groups in total. The van der Waals surface area contributed by atoms with Gasteiger partial charge in [0, 0.05) is 12.7 Å². The Bertz CT molecular complexity index is 683.